The minimum atomic E-state index is -3.40. The van der Waals surface area contributed by atoms with Crippen LogP contribution in [0.25, 0.3) is 0 Å². The van der Waals surface area contributed by atoms with Crippen LogP contribution in [-0.4, -0.2) is 31.6 Å². The van der Waals surface area contributed by atoms with Crippen molar-refractivity contribution >= 4 is 16.3 Å². The maximum atomic E-state index is 12.3. The lowest BCUT2D eigenvalue weighted by atomic mass is 10.2. The molecule has 1 heterocycles. The van der Waals surface area contributed by atoms with Gasteiger partial charge in [0.1, 0.15) is 6.29 Å². The summed E-state index contributed by atoms with van der Waals surface area (Å²) in [5.41, 5.74) is 0.485. The number of nitrogens with zero attached hydrogens (tertiary/aromatic N) is 1. The Morgan fingerprint density at radius 2 is 1.94 bits per heavy atom. The quantitative estimate of drug-likeness (QED) is 0.770. The first-order chi connectivity index (χ1) is 8.05. The van der Waals surface area contributed by atoms with Crippen LogP contribution < -0.4 is 0 Å². The third-order valence-electron chi connectivity index (χ3n) is 3.11. The summed E-state index contributed by atoms with van der Waals surface area (Å²) in [6.07, 6.45) is 2.52. The van der Waals surface area contributed by atoms with Crippen molar-refractivity contribution < 1.29 is 13.2 Å². The molecule has 1 aliphatic rings. The van der Waals surface area contributed by atoms with Crippen LogP contribution in [0.2, 0.25) is 0 Å². The van der Waals surface area contributed by atoms with Crippen LogP contribution in [0, 0.1) is 0 Å². The molecule has 17 heavy (non-hydrogen) atoms. The number of sulfonamides is 1. The Morgan fingerprint density at radius 3 is 2.41 bits per heavy atom. The molecule has 1 aromatic rings. The fourth-order valence-corrected chi connectivity index (χ4v) is 3.82. The molecule has 5 heteroatoms. The Balaban J connectivity index is 2.34. The van der Waals surface area contributed by atoms with E-state index in [-0.39, 0.29) is 10.9 Å². The molecule has 92 valence electrons. The maximum Gasteiger partial charge on any atom is 0.243 e. The summed E-state index contributed by atoms with van der Waals surface area (Å²) in [5.74, 6) is 0. The molecular formula is C12H15NO3S. The molecule has 1 aromatic carbocycles. The zero-order chi connectivity index (χ0) is 12.5. The van der Waals surface area contributed by atoms with Gasteiger partial charge in [-0.05, 0) is 31.9 Å². The normalized spacial score (nSPS) is 21.6. The van der Waals surface area contributed by atoms with Gasteiger partial charge in [0.05, 0.1) is 4.90 Å². The first-order valence-corrected chi connectivity index (χ1v) is 7.07. The molecule has 1 atom stereocenters. The van der Waals surface area contributed by atoms with Gasteiger partial charge in [-0.25, -0.2) is 8.42 Å². The van der Waals surface area contributed by atoms with E-state index in [1.807, 2.05) is 6.92 Å². The van der Waals surface area contributed by atoms with E-state index < -0.39 is 10.0 Å². The topological polar surface area (TPSA) is 54.5 Å². The number of hydrogen-bond acceptors (Lipinski definition) is 3. The van der Waals surface area contributed by atoms with Gasteiger partial charge in [-0.1, -0.05) is 12.1 Å². The van der Waals surface area contributed by atoms with Crippen LogP contribution in [-0.2, 0) is 10.0 Å². The van der Waals surface area contributed by atoms with Crippen molar-refractivity contribution in [2.75, 3.05) is 6.54 Å². The monoisotopic (exact) mass is 253 g/mol. The van der Waals surface area contributed by atoms with E-state index in [0.717, 1.165) is 12.8 Å². The van der Waals surface area contributed by atoms with E-state index in [1.54, 1.807) is 0 Å². The smallest absolute Gasteiger partial charge is 0.243 e. The molecule has 0 saturated carbocycles. The van der Waals surface area contributed by atoms with Gasteiger partial charge >= 0.3 is 0 Å². The van der Waals surface area contributed by atoms with Crippen LogP contribution in [0.15, 0.2) is 29.2 Å². The second-order valence-corrected chi connectivity index (χ2v) is 6.18. The van der Waals surface area contributed by atoms with E-state index in [1.165, 1.54) is 28.6 Å². The number of carbonyl (C=O) groups excluding carboxylic acids is 1. The number of benzene rings is 1. The summed E-state index contributed by atoms with van der Waals surface area (Å²) in [6, 6.07) is 6.10. The minimum Gasteiger partial charge on any atom is -0.298 e. The van der Waals surface area contributed by atoms with E-state index in [9.17, 15) is 13.2 Å². The predicted octanol–water partition coefficient (Wildman–Crippen LogP) is 1.67. The largest absolute Gasteiger partial charge is 0.298 e. The SMILES string of the molecule is CC1CCCN1S(=O)(=O)c1ccc(C=O)cc1. The average Bonchev–Trinajstić information content (AvgIpc) is 2.76. The van der Waals surface area contributed by atoms with Crippen molar-refractivity contribution in [3.8, 4) is 0 Å². The molecule has 2 rings (SSSR count). The molecule has 0 amide bonds. The van der Waals surface area contributed by atoms with Gasteiger partial charge in [0.2, 0.25) is 10.0 Å². The number of carbonyl (C=O) groups is 1. The Kier molecular flexibility index (Phi) is 3.31. The van der Waals surface area contributed by atoms with Crippen molar-refractivity contribution in [1.82, 2.24) is 4.31 Å². The fourth-order valence-electron chi connectivity index (χ4n) is 2.12. The molecule has 0 spiro atoms. The molecule has 0 N–H and O–H groups in total. The van der Waals surface area contributed by atoms with Gasteiger partial charge in [0.25, 0.3) is 0 Å². The van der Waals surface area contributed by atoms with Crippen molar-refractivity contribution in [3.05, 3.63) is 29.8 Å². The van der Waals surface area contributed by atoms with Crippen molar-refractivity contribution in [2.45, 2.75) is 30.7 Å². The van der Waals surface area contributed by atoms with Gasteiger partial charge in [0.15, 0.2) is 0 Å². The lowest BCUT2D eigenvalue weighted by molar-refractivity contribution is 0.112. The fraction of sp³-hybridized carbons (Fsp3) is 0.417. The van der Waals surface area contributed by atoms with Crippen LogP contribution in [0.1, 0.15) is 30.1 Å². The maximum absolute atomic E-state index is 12.3. The highest BCUT2D eigenvalue weighted by molar-refractivity contribution is 7.89. The lowest BCUT2D eigenvalue weighted by Crippen LogP contribution is -2.33. The molecule has 0 bridgehead atoms. The molecule has 0 aromatic heterocycles. The highest BCUT2D eigenvalue weighted by atomic mass is 32.2. The molecule has 1 fully saturated rings. The van der Waals surface area contributed by atoms with E-state index in [2.05, 4.69) is 0 Å². The summed E-state index contributed by atoms with van der Waals surface area (Å²) in [5, 5.41) is 0. The second-order valence-electron chi connectivity index (χ2n) is 4.29. The van der Waals surface area contributed by atoms with Gasteiger partial charge in [0, 0.05) is 18.2 Å². The predicted molar refractivity (Wildman–Crippen MR) is 64.4 cm³/mol. The number of rotatable bonds is 3. The van der Waals surface area contributed by atoms with Crippen LogP contribution >= 0.6 is 0 Å². The third kappa shape index (κ3) is 2.25. The highest BCUT2D eigenvalue weighted by Crippen LogP contribution is 2.25. The molecular weight excluding hydrogens is 238 g/mol. The lowest BCUT2D eigenvalue weighted by Gasteiger charge is -2.20. The van der Waals surface area contributed by atoms with Crippen molar-refractivity contribution in [1.29, 1.82) is 0 Å². The first-order valence-electron chi connectivity index (χ1n) is 5.63. The zero-order valence-corrected chi connectivity index (χ0v) is 10.5. The highest BCUT2D eigenvalue weighted by Gasteiger charge is 2.32. The van der Waals surface area contributed by atoms with Crippen LogP contribution in [0.5, 0.6) is 0 Å². The summed E-state index contributed by atoms with van der Waals surface area (Å²) in [4.78, 5) is 10.8. The summed E-state index contributed by atoms with van der Waals surface area (Å²) in [6.45, 7) is 2.50. The Bertz CT molecular complexity index is 507. The Hall–Kier alpha value is -1.20. The molecule has 1 unspecified atom stereocenters. The van der Waals surface area contributed by atoms with Crippen molar-refractivity contribution in [2.24, 2.45) is 0 Å². The number of hydrogen-bond donors (Lipinski definition) is 0. The van der Waals surface area contributed by atoms with E-state index in [4.69, 9.17) is 0 Å². The van der Waals surface area contributed by atoms with Crippen LogP contribution in [0.4, 0.5) is 0 Å². The van der Waals surface area contributed by atoms with Crippen LogP contribution in [0.3, 0.4) is 0 Å². The minimum absolute atomic E-state index is 0.0609. The first kappa shape index (κ1) is 12.3. The van der Waals surface area contributed by atoms with Gasteiger partial charge in [-0.3, -0.25) is 4.79 Å². The van der Waals surface area contributed by atoms with Crippen molar-refractivity contribution in [3.63, 3.8) is 0 Å². The Labute approximate surface area is 101 Å². The summed E-state index contributed by atoms with van der Waals surface area (Å²) in [7, 11) is -3.40. The van der Waals surface area contributed by atoms with E-state index in [0.29, 0.717) is 18.4 Å². The van der Waals surface area contributed by atoms with Gasteiger partial charge in [-0.2, -0.15) is 4.31 Å². The van der Waals surface area contributed by atoms with Gasteiger partial charge in [-0.15, -0.1) is 0 Å². The molecule has 0 radical (unpaired) electrons. The number of aldehydes is 1. The molecule has 0 aliphatic carbocycles. The third-order valence-corrected chi connectivity index (χ3v) is 5.14. The average molecular weight is 253 g/mol. The standard InChI is InChI=1S/C12H15NO3S/c1-10-3-2-8-13(10)17(15,16)12-6-4-11(9-14)5-7-12/h4-7,9-10H,2-3,8H2,1H3. The second kappa shape index (κ2) is 4.58. The Morgan fingerprint density at radius 1 is 1.29 bits per heavy atom. The zero-order valence-electron chi connectivity index (χ0n) is 9.67. The van der Waals surface area contributed by atoms with E-state index >= 15 is 0 Å². The molecule has 1 aliphatic heterocycles. The van der Waals surface area contributed by atoms with Gasteiger partial charge < -0.3 is 0 Å². The summed E-state index contributed by atoms with van der Waals surface area (Å²) < 4.78 is 26.1. The molecule has 1 saturated heterocycles. The summed E-state index contributed by atoms with van der Waals surface area (Å²) >= 11 is 0. The molecule has 4 nitrogen and oxygen atoms in total.